The van der Waals surface area contributed by atoms with Crippen LogP contribution >= 0.6 is 0 Å². The lowest BCUT2D eigenvalue weighted by atomic mass is 9.91. The number of hydrogen-bond acceptors (Lipinski definition) is 6. The van der Waals surface area contributed by atoms with Crippen LogP contribution in [-0.4, -0.2) is 55.6 Å². The topological polar surface area (TPSA) is 100 Å². The van der Waals surface area contributed by atoms with Gasteiger partial charge in [-0.1, -0.05) is 18.9 Å². The fourth-order valence-electron chi connectivity index (χ4n) is 4.94. The van der Waals surface area contributed by atoms with Crippen molar-refractivity contribution in [2.75, 3.05) is 43.1 Å². The molecule has 2 N–H and O–H groups in total. The molecule has 0 bridgehead atoms. The first-order valence-electron chi connectivity index (χ1n) is 12.6. The van der Waals surface area contributed by atoms with Crippen LogP contribution in [0.3, 0.4) is 0 Å². The van der Waals surface area contributed by atoms with Crippen LogP contribution in [0.1, 0.15) is 44.6 Å². The largest absolute Gasteiger partial charge is 0.490 e. The monoisotopic (exact) mass is 492 g/mol. The minimum absolute atomic E-state index is 0.376. The van der Waals surface area contributed by atoms with Gasteiger partial charge in [-0.05, 0) is 61.7 Å². The summed E-state index contributed by atoms with van der Waals surface area (Å²) in [5.74, 6) is 0.209. The zero-order valence-corrected chi connectivity index (χ0v) is 20.5. The van der Waals surface area contributed by atoms with Gasteiger partial charge in [0.05, 0.1) is 13.2 Å². The molecule has 2 aromatic rings. The van der Waals surface area contributed by atoms with Gasteiger partial charge >= 0.3 is 6.03 Å². The Bertz CT molecular complexity index is 1140. The van der Waals surface area contributed by atoms with Gasteiger partial charge in [-0.2, -0.15) is 0 Å². The molecule has 1 atom stereocenters. The van der Waals surface area contributed by atoms with Crippen LogP contribution in [0, 0.1) is 0 Å². The predicted molar refractivity (Wildman–Crippen MR) is 135 cm³/mol. The molecule has 2 saturated heterocycles. The van der Waals surface area contributed by atoms with E-state index in [1.165, 1.54) is 25.7 Å². The summed E-state index contributed by atoms with van der Waals surface area (Å²) in [5.41, 5.74) is 1.01. The van der Waals surface area contributed by atoms with Gasteiger partial charge in [-0.3, -0.25) is 14.5 Å². The van der Waals surface area contributed by atoms with E-state index < -0.39 is 23.4 Å². The number of imide groups is 1. The Morgan fingerprint density at radius 3 is 2.36 bits per heavy atom. The summed E-state index contributed by atoms with van der Waals surface area (Å²) in [6.07, 6.45) is 5.67. The maximum absolute atomic E-state index is 13.3. The number of nitrogens with zero attached hydrogens (tertiary/aromatic N) is 2. The summed E-state index contributed by atoms with van der Waals surface area (Å²) in [6, 6.07) is 12.3. The van der Waals surface area contributed by atoms with E-state index in [4.69, 9.17) is 9.47 Å². The minimum Gasteiger partial charge on any atom is -0.490 e. The zero-order valence-electron chi connectivity index (χ0n) is 20.5. The second kappa shape index (κ2) is 10.1. The second-order valence-electron chi connectivity index (χ2n) is 9.65. The molecule has 5 rings (SSSR count). The van der Waals surface area contributed by atoms with Gasteiger partial charge in [0.1, 0.15) is 12.1 Å². The van der Waals surface area contributed by atoms with Gasteiger partial charge in [0.15, 0.2) is 11.5 Å². The van der Waals surface area contributed by atoms with Crippen LogP contribution in [0.25, 0.3) is 0 Å². The third-order valence-electron chi connectivity index (χ3n) is 7.02. The third kappa shape index (κ3) is 4.82. The highest BCUT2D eigenvalue weighted by atomic mass is 16.5. The Kier molecular flexibility index (Phi) is 6.71. The highest BCUT2D eigenvalue weighted by Crippen LogP contribution is 2.36. The smallest absolute Gasteiger partial charge is 0.325 e. The molecule has 0 saturated carbocycles. The standard InChI is InChI=1S/C27H32N4O5/c1-27(19-7-12-22-23(17-19)36-16-6-15-35-22)25(33)31(26(34)29-27)18-24(32)28-20-8-10-21(11-9-20)30-13-4-2-3-5-14-30/h7-12,17H,2-6,13-16,18H2,1H3,(H,28,32)(H,29,34)/t27-/m0/s1. The first-order valence-corrected chi connectivity index (χ1v) is 12.6. The number of benzene rings is 2. The molecule has 0 unspecified atom stereocenters. The van der Waals surface area contributed by atoms with Crippen molar-refractivity contribution in [3.8, 4) is 11.5 Å². The van der Waals surface area contributed by atoms with Gasteiger partial charge in [-0.15, -0.1) is 0 Å². The maximum Gasteiger partial charge on any atom is 0.325 e. The lowest BCUT2D eigenvalue weighted by Crippen LogP contribution is -2.42. The van der Waals surface area contributed by atoms with E-state index in [1.807, 2.05) is 24.3 Å². The summed E-state index contributed by atoms with van der Waals surface area (Å²) >= 11 is 0. The van der Waals surface area contributed by atoms with Gasteiger partial charge in [0, 0.05) is 30.9 Å². The van der Waals surface area contributed by atoms with E-state index in [2.05, 4.69) is 15.5 Å². The summed E-state index contributed by atoms with van der Waals surface area (Å²) in [7, 11) is 0. The first-order chi connectivity index (χ1) is 17.4. The van der Waals surface area contributed by atoms with Crippen molar-refractivity contribution in [1.29, 1.82) is 0 Å². The lowest BCUT2D eigenvalue weighted by molar-refractivity contribution is -0.133. The molecule has 3 heterocycles. The number of urea groups is 1. The van der Waals surface area contributed by atoms with Crippen LogP contribution in [-0.2, 0) is 15.1 Å². The number of carbonyl (C=O) groups excluding carboxylic acids is 3. The SMILES string of the molecule is C[C@@]1(c2ccc3c(c2)OCCCO3)NC(=O)N(CC(=O)Nc2ccc(N3CCCCCC3)cc2)C1=O. The van der Waals surface area contributed by atoms with Gasteiger partial charge < -0.3 is 25.0 Å². The summed E-state index contributed by atoms with van der Waals surface area (Å²) < 4.78 is 11.4. The molecule has 0 aliphatic carbocycles. The van der Waals surface area contributed by atoms with Crippen molar-refractivity contribution in [3.05, 3.63) is 48.0 Å². The van der Waals surface area contributed by atoms with Crippen molar-refractivity contribution in [3.63, 3.8) is 0 Å². The average molecular weight is 493 g/mol. The molecular formula is C27H32N4O5. The van der Waals surface area contributed by atoms with Crippen LogP contribution in [0.2, 0.25) is 0 Å². The number of carbonyl (C=O) groups is 3. The number of rotatable bonds is 5. The number of amides is 4. The average Bonchev–Trinajstić information content (AvgIpc) is 3.18. The molecule has 0 spiro atoms. The first kappa shape index (κ1) is 24.0. The Balaban J connectivity index is 1.24. The van der Waals surface area contributed by atoms with Crippen molar-refractivity contribution >= 4 is 29.2 Å². The summed E-state index contributed by atoms with van der Waals surface area (Å²) in [4.78, 5) is 42.1. The molecule has 2 aromatic carbocycles. The van der Waals surface area contributed by atoms with Crippen LogP contribution < -0.4 is 25.0 Å². The van der Waals surface area contributed by atoms with E-state index in [1.54, 1.807) is 25.1 Å². The number of hydrogen-bond donors (Lipinski definition) is 2. The van der Waals surface area contributed by atoms with Crippen molar-refractivity contribution < 1.29 is 23.9 Å². The van der Waals surface area contributed by atoms with Gasteiger partial charge in [0.2, 0.25) is 5.91 Å². The van der Waals surface area contributed by atoms with Crippen LogP contribution in [0.4, 0.5) is 16.2 Å². The minimum atomic E-state index is -1.31. The Hall–Kier alpha value is -3.75. The van der Waals surface area contributed by atoms with Crippen molar-refractivity contribution in [2.24, 2.45) is 0 Å². The molecule has 3 aliphatic rings. The number of anilines is 2. The Morgan fingerprint density at radius 2 is 1.64 bits per heavy atom. The normalized spacial score (nSPS) is 22.0. The Labute approximate surface area is 210 Å². The van der Waals surface area contributed by atoms with Gasteiger partial charge in [0.25, 0.3) is 5.91 Å². The fourth-order valence-corrected chi connectivity index (χ4v) is 4.94. The third-order valence-corrected chi connectivity index (χ3v) is 7.02. The van der Waals surface area contributed by atoms with Crippen molar-refractivity contribution in [1.82, 2.24) is 10.2 Å². The molecular weight excluding hydrogens is 460 g/mol. The molecule has 0 aromatic heterocycles. The molecule has 4 amide bonds. The predicted octanol–water partition coefficient (Wildman–Crippen LogP) is 3.63. The van der Waals surface area contributed by atoms with Crippen LogP contribution in [0.5, 0.6) is 11.5 Å². The molecule has 2 fully saturated rings. The maximum atomic E-state index is 13.3. The number of nitrogens with one attached hydrogen (secondary N) is 2. The summed E-state index contributed by atoms with van der Waals surface area (Å²) in [6.45, 7) is 4.41. The number of ether oxygens (including phenoxy) is 2. The van der Waals surface area contributed by atoms with E-state index in [0.717, 1.165) is 30.1 Å². The highest BCUT2D eigenvalue weighted by molar-refractivity contribution is 6.10. The second-order valence-corrected chi connectivity index (χ2v) is 9.65. The molecule has 36 heavy (non-hydrogen) atoms. The Morgan fingerprint density at radius 1 is 0.944 bits per heavy atom. The van der Waals surface area contributed by atoms with E-state index in [0.29, 0.717) is 36.0 Å². The molecule has 9 nitrogen and oxygen atoms in total. The van der Waals surface area contributed by atoms with Crippen molar-refractivity contribution in [2.45, 2.75) is 44.6 Å². The van der Waals surface area contributed by atoms with Gasteiger partial charge in [-0.25, -0.2) is 4.79 Å². The van der Waals surface area contributed by atoms with Crippen LogP contribution in [0.15, 0.2) is 42.5 Å². The quantitative estimate of drug-likeness (QED) is 0.619. The van der Waals surface area contributed by atoms with E-state index in [9.17, 15) is 14.4 Å². The van der Waals surface area contributed by atoms with E-state index >= 15 is 0 Å². The lowest BCUT2D eigenvalue weighted by Gasteiger charge is -2.23. The summed E-state index contributed by atoms with van der Waals surface area (Å²) in [5, 5.41) is 5.54. The molecule has 3 aliphatic heterocycles. The number of fused-ring (bicyclic) bond motifs is 1. The fraction of sp³-hybridized carbons (Fsp3) is 0.444. The zero-order chi connectivity index (χ0) is 25.1. The molecule has 190 valence electrons. The van der Waals surface area contributed by atoms with E-state index in [-0.39, 0.29) is 6.54 Å². The molecule has 9 heteroatoms. The molecule has 0 radical (unpaired) electrons. The highest BCUT2D eigenvalue weighted by Gasteiger charge is 2.49.